The highest BCUT2D eigenvalue weighted by molar-refractivity contribution is 5.56. The van der Waals surface area contributed by atoms with Crippen LogP contribution in [0.25, 0.3) is 0 Å². The van der Waals surface area contributed by atoms with Crippen molar-refractivity contribution in [3.63, 3.8) is 0 Å². The maximum atomic E-state index is 3.55. The van der Waals surface area contributed by atoms with Crippen LogP contribution in [0.5, 0.6) is 0 Å². The Morgan fingerprint density at radius 3 is 2.22 bits per heavy atom. The zero-order chi connectivity index (χ0) is 12.5. The third kappa shape index (κ3) is 2.32. The van der Waals surface area contributed by atoms with E-state index in [1.165, 1.54) is 44.0 Å². The topological polar surface area (TPSA) is 18.5 Å². The van der Waals surface area contributed by atoms with Crippen LogP contribution in [0.1, 0.15) is 6.42 Å². The zero-order valence-electron chi connectivity index (χ0n) is 11.4. The Morgan fingerprint density at radius 2 is 1.67 bits per heavy atom. The van der Waals surface area contributed by atoms with Gasteiger partial charge in [0.15, 0.2) is 0 Å². The van der Waals surface area contributed by atoms with Gasteiger partial charge in [-0.1, -0.05) is 0 Å². The average Bonchev–Trinajstić information content (AvgIpc) is 2.38. The van der Waals surface area contributed by atoms with Gasteiger partial charge in [0.05, 0.1) is 0 Å². The van der Waals surface area contributed by atoms with Crippen LogP contribution in [-0.4, -0.2) is 40.3 Å². The summed E-state index contributed by atoms with van der Waals surface area (Å²) in [4.78, 5) is 4.72. The Balaban J connectivity index is 1.74. The molecule has 2 atom stereocenters. The van der Waals surface area contributed by atoms with Gasteiger partial charge in [0.2, 0.25) is 0 Å². The van der Waals surface area contributed by atoms with E-state index in [-0.39, 0.29) is 0 Å². The van der Waals surface area contributed by atoms with Crippen molar-refractivity contribution >= 4 is 11.4 Å². The van der Waals surface area contributed by atoms with E-state index in [1.54, 1.807) is 0 Å². The van der Waals surface area contributed by atoms with Crippen molar-refractivity contribution in [1.82, 2.24) is 5.32 Å². The number of hydrogen-bond donors (Lipinski definition) is 1. The van der Waals surface area contributed by atoms with Crippen LogP contribution in [0.15, 0.2) is 24.3 Å². The highest BCUT2D eigenvalue weighted by atomic mass is 15.2. The smallest absolute Gasteiger partial charge is 0.0367 e. The van der Waals surface area contributed by atoms with Gasteiger partial charge in [0, 0.05) is 38.6 Å². The molecule has 2 aliphatic heterocycles. The summed E-state index contributed by atoms with van der Waals surface area (Å²) < 4.78 is 0. The molecule has 1 aromatic carbocycles. The van der Waals surface area contributed by atoms with Crippen LogP contribution < -0.4 is 15.1 Å². The molecule has 3 rings (SSSR count). The third-order valence-corrected chi connectivity index (χ3v) is 4.22. The van der Waals surface area contributed by atoms with Crippen LogP contribution in [0.3, 0.4) is 0 Å². The maximum absolute atomic E-state index is 3.55. The lowest BCUT2D eigenvalue weighted by molar-refractivity contribution is 0.250. The summed E-state index contributed by atoms with van der Waals surface area (Å²) in [5.41, 5.74) is 2.66. The maximum Gasteiger partial charge on any atom is 0.0367 e. The third-order valence-electron chi connectivity index (χ3n) is 4.22. The van der Waals surface area contributed by atoms with E-state index in [1.807, 2.05) is 0 Å². The van der Waals surface area contributed by atoms with Gasteiger partial charge in [0.25, 0.3) is 0 Å². The van der Waals surface area contributed by atoms with Crippen molar-refractivity contribution in [2.45, 2.75) is 6.42 Å². The van der Waals surface area contributed by atoms with Crippen molar-refractivity contribution in [3.8, 4) is 0 Å². The van der Waals surface area contributed by atoms with Gasteiger partial charge in [-0.15, -0.1) is 0 Å². The lowest BCUT2D eigenvalue weighted by Crippen LogP contribution is -2.51. The number of nitrogens with one attached hydrogen (secondary N) is 1. The van der Waals surface area contributed by atoms with Crippen molar-refractivity contribution in [2.24, 2.45) is 11.8 Å². The van der Waals surface area contributed by atoms with Crippen molar-refractivity contribution in [3.05, 3.63) is 24.3 Å². The fraction of sp³-hybridized carbons (Fsp3) is 0.600. The standard InChI is InChI=1S/C15H23N3/c1-17(2)14-3-5-15(6-4-14)18-10-12-7-13(11-18)9-16-8-12/h3-6,12-13,16H,7-11H2,1-2H3. The summed E-state index contributed by atoms with van der Waals surface area (Å²) in [6.45, 7) is 4.82. The minimum atomic E-state index is 0.839. The molecule has 2 fully saturated rings. The van der Waals surface area contributed by atoms with E-state index >= 15 is 0 Å². The summed E-state index contributed by atoms with van der Waals surface area (Å²) >= 11 is 0. The first-order valence-corrected chi connectivity index (χ1v) is 6.95. The quantitative estimate of drug-likeness (QED) is 0.857. The number of piperidine rings is 2. The van der Waals surface area contributed by atoms with Gasteiger partial charge in [-0.3, -0.25) is 0 Å². The minimum Gasteiger partial charge on any atom is -0.378 e. The van der Waals surface area contributed by atoms with Crippen molar-refractivity contribution < 1.29 is 0 Å². The van der Waals surface area contributed by atoms with Crippen LogP contribution in [-0.2, 0) is 0 Å². The normalized spacial score (nSPS) is 27.1. The molecule has 0 aromatic heterocycles. The number of anilines is 2. The predicted molar refractivity (Wildman–Crippen MR) is 77.4 cm³/mol. The SMILES string of the molecule is CN(C)c1ccc(N2CC3CNCC(C3)C2)cc1. The second kappa shape index (κ2) is 4.81. The van der Waals surface area contributed by atoms with Crippen molar-refractivity contribution in [1.29, 1.82) is 0 Å². The van der Waals surface area contributed by atoms with Gasteiger partial charge < -0.3 is 15.1 Å². The first kappa shape index (κ1) is 11.8. The monoisotopic (exact) mass is 245 g/mol. The molecular formula is C15H23N3. The summed E-state index contributed by atoms with van der Waals surface area (Å²) in [5, 5.41) is 3.55. The number of rotatable bonds is 2. The Labute approximate surface area is 110 Å². The van der Waals surface area contributed by atoms with Crippen LogP contribution in [0.2, 0.25) is 0 Å². The molecule has 3 nitrogen and oxygen atoms in total. The highest BCUT2D eigenvalue weighted by Gasteiger charge is 2.30. The summed E-state index contributed by atoms with van der Waals surface area (Å²) in [6.07, 6.45) is 1.42. The molecule has 2 unspecified atom stereocenters. The first-order chi connectivity index (χ1) is 8.72. The Kier molecular flexibility index (Phi) is 3.16. The average molecular weight is 245 g/mol. The molecule has 1 aromatic rings. The largest absolute Gasteiger partial charge is 0.378 e. The molecule has 0 saturated carbocycles. The molecule has 2 saturated heterocycles. The summed E-state index contributed by atoms with van der Waals surface area (Å²) in [7, 11) is 4.18. The van der Waals surface area contributed by atoms with Crippen molar-refractivity contribution in [2.75, 3.05) is 50.1 Å². The molecule has 0 radical (unpaired) electrons. The van der Waals surface area contributed by atoms with Crippen LogP contribution in [0, 0.1) is 11.8 Å². The molecule has 3 heteroatoms. The van der Waals surface area contributed by atoms with E-state index in [0.717, 1.165) is 11.8 Å². The molecule has 2 bridgehead atoms. The molecule has 18 heavy (non-hydrogen) atoms. The second-order valence-corrected chi connectivity index (χ2v) is 5.94. The van der Waals surface area contributed by atoms with E-state index in [4.69, 9.17) is 0 Å². The van der Waals surface area contributed by atoms with Gasteiger partial charge in [0.1, 0.15) is 0 Å². The van der Waals surface area contributed by atoms with Gasteiger partial charge >= 0.3 is 0 Å². The second-order valence-electron chi connectivity index (χ2n) is 5.94. The van der Waals surface area contributed by atoms with Gasteiger partial charge in [-0.05, 0) is 55.6 Å². The Hall–Kier alpha value is -1.22. The van der Waals surface area contributed by atoms with Gasteiger partial charge in [-0.2, -0.15) is 0 Å². The zero-order valence-corrected chi connectivity index (χ0v) is 11.4. The molecule has 98 valence electrons. The molecule has 1 N–H and O–H groups in total. The molecule has 2 heterocycles. The number of hydrogen-bond acceptors (Lipinski definition) is 3. The number of benzene rings is 1. The lowest BCUT2D eigenvalue weighted by Gasteiger charge is -2.42. The molecule has 0 amide bonds. The summed E-state index contributed by atoms with van der Waals surface area (Å²) in [5.74, 6) is 1.68. The molecular weight excluding hydrogens is 222 g/mol. The van der Waals surface area contributed by atoms with E-state index in [0.29, 0.717) is 0 Å². The summed E-state index contributed by atoms with van der Waals surface area (Å²) in [6, 6.07) is 8.98. The van der Waals surface area contributed by atoms with Crippen LogP contribution >= 0.6 is 0 Å². The number of fused-ring (bicyclic) bond motifs is 2. The number of nitrogens with zero attached hydrogens (tertiary/aromatic N) is 2. The van der Waals surface area contributed by atoms with Crippen LogP contribution in [0.4, 0.5) is 11.4 Å². The minimum absolute atomic E-state index is 0.839. The van der Waals surface area contributed by atoms with Gasteiger partial charge in [-0.25, -0.2) is 0 Å². The Morgan fingerprint density at radius 1 is 1.06 bits per heavy atom. The van der Waals surface area contributed by atoms with E-state index in [9.17, 15) is 0 Å². The fourth-order valence-electron chi connectivity index (χ4n) is 3.28. The first-order valence-electron chi connectivity index (χ1n) is 6.95. The molecule has 0 aliphatic carbocycles. The fourth-order valence-corrected chi connectivity index (χ4v) is 3.28. The predicted octanol–water partition coefficient (Wildman–Crippen LogP) is 1.80. The Bertz CT molecular complexity index is 387. The van der Waals surface area contributed by atoms with E-state index in [2.05, 4.69) is 53.5 Å². The van der Waals surface area contributed by atoms with E-state index < -0.39 is 0 Å². The molecule has 0 spiro atoms. The lowest BCUT2D eigenvalue weighted by atomic mass is 9.85. The molecule has 2 aliphatic rings. The highest BCUT2D eigenvalue weighted by Crippen LogP contribution is 2.29.